The van der Waals surface area contributed by atoms with E-state index in [-0.39, 0.29) is 5.91 Å². The molecule has 0 unspecified atom stereocenters. The lowest BCUT2D eigenvalue weighted by Gasteiger charge is -2.34. The Hall–Kier alpha value is -1.49. The Morgan fingerprint density at radius 3 is 2.55 bits per heavy atom. The maximum absolute atomic E-state index is 12.3. The summed E-state index contributed by atoms with van der Waals surface area (Å²) in [5, 5.41) is 0. The van der Waals surface area contributed by atoms with Crippen molar-refractivity contribution in [3.8, 4) is 0 Å². The van der Waals surface area contributed by atoms with E-state index in [1.807, 2.05) is 4.90 Å². The average Bonchev–Trinajstić information content (AvgIpc) is 2.91. The second-order valence-corrected chi connectivity index (χ2v) is 5.57. The molecular weight excluding hydrogens is 252 g/mol. The van der Waals surface area contributed by atoms with Crippen LogP contribution in [0, 0.1) is 5.92 Å². The molecule has 1 aliphatic heterocycles. The number of hydrogen-bond acceptors (Lipinski definition) is 3. The molecule has 1 aliphatic rings. The first-order valence-corrected chi connectivity index (χ1v) is 7.59. The van der Waals surface area contributed by atoms with Gasteiger partial charge in [0.15, 0.2) is 0 Å². The predicted octanol–water partition coefficient (Wildman–Crippen LogP) is 1.79. The van der Waals surface area contributed by atoms with Crippen LogP contribution in [0.5, 0.6) is 0 Å². The molecule has 2 rings (SSSR count). The Morgan fingerprint density at radius 2 is 2.05 bits per heavy atom. The Labute approximate surface area is 121 Å². The van der Waals surface area contributed by atoms with Crippen LogP contribution in [0.2, 0.25) is 0 Å². The molecule has 1 fully saturated rings. The van der Waals surface area contributed by atoms with Crippen molar-refractivity contribution in [1.82, 2.24) is 14.8 Å². The molecule has 0 radical (unpaired) electrons. The molecule has 1 aromatic rings. The number of carbonyl (C=O) groups is 1. The first-order chi connectivity index (χ1) is 9.63. The third kappa shape index (κ3) is 3.54. The van der Waals surface area contributed by atoms with Crippen LogP contribution in [-0.4, -0.2) is 53.4 Å². The Bertz CT molecular complexity index is 431. The molecule has 5 nitrogen and oxygen atoms in total. The summed E-state index contributed by atoms with van der Waals surface area (Å²) < 4.78 is 0. The summed E-state index contributed by atoms with van der Waals surface area (Å²) in [4.78, 5) is 19.6. The van der Waals surface area contributed by atoms with Crippen LogP contribution in [0.15, 0.2) is 12.3 Å². The number of amides is 1. The smallest absolute Gasteiger partial charge is 0.270 e. The summed E-state index contributed by atoms with van der Waals surface area (Å²) >= 11 is 0. The number of carbonyl (C=O) groups excluding carboxylic acids is 1. The zero-order valence-electron chi connectivity index (χ0n) is 12.6. The standard InChI is InChI=1S/C15H26N4O/c1-3-18(4-2)11-12-5-7-19(8-6-12)15(20)14-9-13(16)10-17-14/h9-10,12,17H,3-8,11,16H2,1-2H3. The quantitative estimate of drug-likeness (QED) is 0.863. The highest BCUT2D eigenvalue weighted by molar-refractivity contribution is 5.93. The van der Waals surface area contributed by atoms with Gasteiger partial charge >= 0.3 is 0 Å². The van der Waals surface area contributed by atoms with Crippen molar-refractivity contribution in [2.75, 3.05) is 38.5 Å². The van der Waals surface area contributed by atoms with E-state index in [1.165, 1.54) is 0 Å². The number of aromatic amines is 1. The summed E-state index contributed by atoms with van der Waals surface area (Å²) in [5.74, 6) is 0.788. The summed E-state index contributed by atoms with van der Waals surface area (Å²) in [6.45, 7) is 9.49. The highest BCUT2D eigenvalue weighted by Crippen LogP contribution is 2.20. The maximum atomic E-state index is 12.3. The fourth-order valence-electron chi connectivity index (χ4n) is 2.87. The second kappa shape index (κ2) is 6.79. The normalized spacial score (nSPS) is 16.9. The predicted molar refractivity (Wildman–Crippen MR) is 81.6 cm³/mol. The minimum atomic E-state index is 0.0722. The van der Waals surface area contributed by atoms with Gasteiger partial charge in [0, 0.05) is 31.5 Å². The lowest BCUT2D eigenvalue weighted by molar-refractivity contribution is 0.0664. The zero-order valence-corrected chi connectivity index (χ0v) is 12.6. The van der Waals surface area contributed by atoms with Gasteiger partial charge in [-0.2, -0.15) is 0 Å². The molecule has 1 amide bonds. The van der Waals surface area contributed by atoms with E-state index in [2.05, 4.69) is 23.7 Å². The summed E-state index contributed by atoms with van der Waals surface area (Å²) in [5.41, 5.74) is 6.86. The molecule has 20 heavy (non-hydrogen) atoms. The zero-order chi connectivity index (χ0) is 14.5. The Balaban J connectivity index is 1.83. The van der Waals surface area contributed by atoms with Crippen molar-refractivity contribution in [3.05, 3.63) is 18.0 Å². The van der Waals surface area contributed by atoms with Gasteiger partial charge < -0.3 is 20.5 Å². The number of nitrogens with one attached hydrogen (secondary N) is 1. The third-order valence-corrected chi connectivity index (χ3v) is 4.25. The van der Waals surface area contributed by atoms with Gasteiger partial charge in [-0.1, -0.05) is 13.8 Å². The Kier molecular flexibility index (Phi) is 5.06. The van der Waals surface area contributed by atoms with Crippen LogP contribution < -0.4 is 5.73 Å². The van der Waals surface area contributed by atoms with Crippen LogP contribution in [-0.2, 0) is 0 Å². The number of H-pyrrole nitrogens is 1. The van der Waals surface area contributed by atoms with Crippen molar-refractivity contribution >= 4 is 11.6 Å². The van der Waals surface area contributed by atoms with E-state index < -0.39 is 0 Å². The third-order valence-electron chi connectivity index (χ3n) is 4.25. The lowest BCUT2D eigenvalue weighted by atomic mass is 9.96. The summed E-state index contributed by atoms with van der Waals surface area (Å²) in [7, 11) is 0. The molecule has 0 bridgehead atoms. The van der Waals surface area contributed by atoms with Crippen LogP contribution in [0.3, 0.4) is 0 Å². The number of nitrogen functional groups attached to an aromatic ring is 1. The largest absolute Gasteiger partial charge is 0.397 e. The average molecular weight is 278 g/mol. The van der Waals surface area contributed by atoms with Crippen LogP contribution in [0.4, 0.5) is 5.69 Å². The van der Waals surface area contributed by atoms with Gasteiger partial charge in [0.25, 0.3) is 5.91 Å². The number of nitrogens with two attached hydrogens (primary N) is 1. The number of anilines is 1. The van der Waals surface area contributed by atoms with E-state index >= 15 is 0 Å². The number of hydrogen-bond donors (Lipinski definition) is 2. The molecule has 1 saturated heterocycles. The topological polar surface area (TPSA) is 65.4 Å². The van der Waals surface area contributed by atoms with E-state index in [0.717, 1.165) is 45.6 Å². The van der Waals surface area contributed by atoms with E-state index in [4.69, 9.17) is 5.73 Å². The fraction of sp³-hybridized carbons (Fsp3) is 0.667. The first-order valence-electron chi connectivity index (χ1n) is 7.59. The van der Waals surface area contributed by atoms with Crippen LogP contribution in [0.1, 0.15) is 37.2 Å². The SMILES string of the molecule is CCN(CC)CC1CCN(C(=O)c2cc(N)c[nH]2)CC1. The van der Waals surface area contributed by atoms with Crippen molar-refractivity contribution in [3.63, 3.8) is 0 Å². The van der Waals surface area contributed by atoms with Crippen molar-refractivity contribution in [2.24, 2.45) is 5.92 Å². The molecule has 2 heterocycles. The Morgan fingerprint density at radius 1 is 1.40 bits per heavy atom. The molecule has 0 aliphatic carbocycles. The maximum Gasteiger partial charge on any atom is 0.270 e. The molecule has 0 atom stereocenters. The number of aromatic nitrogens is 1. The molecular formula is C15H26N4O. The number of piperidine rings is 1. The van der Waals surface area contributed by atoms with E-state index in [0.29, 0.717) is 17.3 Å². The van der Waals surface area contributed by atoms with Gasteiger partial charge in [-0.25, -0.2) is 0 Å². The van der Waals surface area contributed by atoms with Gasteiger partial charge in [-0.15, -0.1) is 0 Å². The number of nitrogens with zero attached hydrogens (tertiary/aromatic N) is 2. The summed E-state index contributed by atoms with van der Waals surface area (Å²) in [6.07, 6.45) is 3.86. The second-order valence-electron chi connectivity index (χ2n) is 5.57. The molecule has 0 aromatic carbocycles. The van der Waals surface area contributed by atoms with Crippen LogP contribution >= 0.6 is 0 Å². The van der Waals surface area contributed by atoms with Crippen molar-refractivity contribution < 1.29 is 4.79 Å². The summed E-state index contributed by atoms with van der Waals surface area (Å²) in [6, 6.07) is 1.71. The van der Waals surface area contributed by atoms with E-state index in [9.17, 15) is 4.79 Å². The van der Waals surface area contributed by atoms with E-state index in [1.54, 1.807) is 12.3 Å². The number of likely N-dealkylation sites (tertiary alicyclic amines) is 1. The molecule has 0 saturated carbocycles. The van der Waals surface area contributed by atoms with Gasteiger partial charge in [-0.3, -0.25) is 4.79 Å². The lowest BCUT2D eigenvalue weighted by Crippen LogP contribution is -2.41. The van der Waals surface area contributed by atoms with Crippen molar-refractivity contribution in [2.45, 2.75) is 26.7 Å². The first kappa shape index (κ1) is 14.9. The minimum Gasteiger partial charge on any atom is -0.397 e. The van der Waals surface area contributed by atoms with Gasteiger partial charge in [0.2, 0.25) is 0 Å². The molecule has 5 heteroatoms. The monoisotopic (exact) mass is 278 g/mol. The molecule has 3 N–H and O–H groups in total. The van der Waals surface area contributed by atoms with Gasteiger partial charge in [0.1, 0.15) is 5.69 Å². The van der Waals surface area contributed by atoms with Gasteiger partial charge in [0.05, 0.1) is 0 Å². The minimum absolute atomic E-state index is 0.0722. The van der Waals surface area contributed by atoms with Crippen molar-refractivity contribution in [1.29, 1.82) is 0 Å². The highest BCUT2D eigenvalue weighted by Gasteiger charge is 2.25. The molecule has 1 aromatic heterocycles. The fourth-order valence-corrected chi connectivity index (χ4v) is 2.87. The molecule has 0 spiro atoms. The van der Waals surface area contributed by atoms with Crippen LogP contribution in [0.25, 0.3) is 0 Å². The molecule has 112 valence electrons. The highest BCUT2D eigenvalue weighted by atomic mass is 16.2. The number of rotatable bonds is 5. The van der Waals surface area contributed by atoms with Gasteiger partial charge in [-0.05, 0) is 37.9 Å².